The molecule has 4 rings (SSSR count). The predicted molar refractivity (Wildman–Crippen MR) is 112 cm³/mol. The highest BCUT2D eigenvalue weighted by atomic mass is 79.9. The molecule has 2 aliphatic rings. The van der Waals surface area contributed by atoms with Crippen molar-refractivity contribution in [3.8, 4) is 0 Å². The van der Waals surface area contributed by atoms with E-state index in [0.29, 0.717) is 24.2 Å². The average Bonchev–Trinajstić information content (AvgIpc) is 3.11. The van der Waals surface area contributed by atoms with Gasteiger partial charge >= 0.3 is 0 Å². The number of likely N-dealkylation sites (tertiary alicyclic amines) is 1. The maximum absolute atomic E-state index is 13.1. The zero-order chi connectivity index (χ0) is 19.7. The molecule has 0 aromatic heterocycles. The van der Waals surface area contributed by atoms with Crippen LogP contribution in [0.15, 0.2) is 53.0 Å². The molecule has 2 amide bonds. The average molecular weight is 463 g/mol. The summed E-state index contributed by atoms with van der Waals surface area (Å²) < 4.78 is 14.1. The van der Waals surface area contributed by atoms with Crippen LogP contribution in [0.3, 0.4) is 0 Å². The normalized spacial score (nSPS) is 18.5. The van der Waals surface area contributed by atoms with E-state index in [-0.39, 0.29) is 22.5 Å². The molecule has 0 saturated carbocycles. The number of amides is 2. The van der Waals surface area contributed by atoms with Gasteiger partial charge in [-0.3, -0.25) is 9.59 Å². The predicted octanol–water partition coefficient (Wildman–Crippen LogP) is 4.41. The highest BCUT2D eigenvalue weighted by molar-refractivity contribution is 9.10. The Kier molecular flexibility index (Phi) is 5.47. The Morgan fingerprint density at radius 2 is 1.46 bits per heavy atom. The second-order valence-electron chi connectivity index (χ2n) is 7.06. The Morgan fingerprint density at radius 1 is 0.893 bits per heavy atom. The molecule has 2 fully saturated rings. The summed E-state index contributed by atoms with van der Waals surface area (Å²) in [5.41, 5.74) is 1.19. The lowest BCUT2D eigenvalue weighted by atomic mass is 10.00. The van der Waals surface area contributed by atoms with Crippen molar-refractivity contribution in [3.63, 3.8) is 0 Å². The van der Waals surface area contributed by atoms with Crippen molar-refractivity contribution in [1.29, 1.82) is 0 Å². The molecule has 0 bridgehead atoms. The van der Waals surface area contributed by atoms with Crippen LogP contribution >= 0.6 is 27.7 Å². The molecule has 0 N–H and O–H groups in total. The van der Waals surface area contributed by atoms with E-state index in [0.717, 1.165) is 29.6 Å². The zero-order valence-electron chi connectivity index (χ0n) is 15.2. The summed E-state index contributed by atoms with van der Waals surface area (Å²) in [6.45, 7) is 1.91. The molecule has 0 atom stereocenters. The third kappa shape index (κ3) is 3.70. The lowest BCUT2D eigenvalue weighted by molar-refractivity contribution is 0.0498. The fraction of sp³-hybridized carbons (Fsp3) is 0.333. The molecule has 0 radical (unpaired) electrons. The van der Waals surface area contributed by atoms with Crippen molar-refractivity contribution in [2.45, 2.75) is 17.7 Å². The number of nitrogens with zero attached hydrogens (tertiary/aromatic N) is 2. The number of hydrogen-bond donors (Lipinski definition) is 0. The molecule has 0 aliphatic carbocycles. The van der Waals surface area contributed by atoms with Crippen molar-refractivity contribution in [1.82, 2.24) is 9.80 Å². The van der Waals surface area contributed by atoms with Crippen LogP contribution in [0.4, 0.5) is 4.39 Å². The summed E-state index contributed by atoms with van der Waals surface area (Å²) >= 11 is 5.22. The van der Waals surface area contributed by atoms with Gasteiger partial charge in [0.25, 0.3) is 11.8 Å². The number of piperidine rings is 1. The number of carbonyl (C=O) groups is 2. The van der Waals surface area contributed by atoms with Gasteiger partial charge in [-0.15, -0.1) is 11.8 Å². The standard InChI is InChI=1S/C21H20BrFN2O2S/c22-17-5-1-16(2-6-17)20(27)25-13-14-28-21(25)9-11-24(12-10-21)19(26)15-3-7-18(23)8-4-15/h1-8H,9-14H2. The van der Waals surface area contributed by atoms with Crippen molar-refractivity contribution >= 4 is 39.5 Å². The van der Waals surface area contributed by atoms with Crippen LogP contribution in [0.25, 0.3) is 0 Å². The Balaban J connectivity index is 1.46. The van der Waals surface area contributed by atoms with E-state index in [4.69, 9.17) is 0 Å². The molecule has 28 heavy (non-hydrogen) atoms. The van der Waals surface area contributed by atoms with E-state index in [2.05, 4.69) is 15.9 Å². The van der Waals surface area contributed by atoms with Crippen LogP contribution in [0.5, 0.6) is 0 Å². The highest BCUT2D eigenvalue weighted by Gasteiger charge is 2.47. The minimum Gasteiger partial charge on any atom is -0.338 e. The Morgan fingerprint density at radius 3 is 2.11 bits per heavy atom. The fourth-order valence-corrected chi connectivity index (χ4v) is 5.61. The van der Waals surface area contributed by atoms with Gasteiger partial charge < -0.3 is 9.80 Å². The van der Waals surface area contributed by atoms with E-state index in [9.17, 15) is 14.0 Å². The zero-order valence-corrected chi connectivity index (χ0v) is 17.6. The molecule has 7 heteroatoms. The second-order valence-corrected chi connectivity index (χ2v) is 9.43. The van der Waals surface area contributed by atoms with Crippen molar-refractivity contribution in [3.05, 3.63) is 69.9 Å². The van der Waals surface area contributed by atoms with Crippen LogP contribution in [0, 0.1) is 5.82 Å². The molecule has 2 aromatic rings. The SMILES string of the molecule is O=C(c1ccc(F)cc1)N1CCC2(CC1)SCCN2C(=O)c1ccc(Br)cc1. The van der Waals surface area contributed by atoms with Gasteiger partial charge in [-0.1, -0.05) is 15.9 Å². The first-order chi connectivity index (χ1) is 13.5. The molecule has 146 valence electrons. The summed E-state index contributed by atoms with van der Waals surface area (Å²) in [6, 6.07) is 13.1. The van der Waals surface area contributed by atoms with Crippen LogP contribution in [-0.4, -0.2) is 51.9 Å². The van der Waals surface area contributed by atoms with Crippen LogP contribution in [0.2, 0.25) is 0 Å². The first-order valence-corrected chi connectivity index (χ1v) is 11.0. The van der Waals surface area contributed by atoms with Crippen molar-refractivity contribution in [2.24, 2.45) is 0 Å². The summed E-state index contributed by atoms with van der Waals surface area (Å²) in [4.78, 5) is 29.3. The number of thioether (sulfide) groups is 1. The number of halogens is 2. The van der Waals surface area contributed by atoms with E-state index < -0.39 is 0 Å². The van der Waals surface area contributed by atoms with Gasteiger partial charge in [0, 0.05) is 41.0 Å². The number of carbonyl (C=O) groups excluding carboxylic acids is 2. The van der Waals surface area contributed by atoms with Gasteiger partial charge in [0.1, 0.15) is 5.82 Å². The maximum atomic E-state index is 13.1. The Hall–Kier alpha value is -1.86. The molecule has 2 heterocycles. The molecule has 4 nitrogen and oxygen atoms in total. The topological polar surface area (TPSA) is 40.6 Å². The minimum atomic E-state index is -0.349. The largest absolute Gasteiger partial charge is 0.338 e. The molecule has 0 unspecified atom stereocenters. The number of rotatable bonds is 2. The monoisotopic (exact) mass is 462 g/mol. The second kappa shape index (κ2) is 7.87. The molecule has 2 aliphatic heterocycles. The fourth-order valence-electron chi connectivity index (χ4n) is 3.89. The van der Waals surface area contributed by atoms with Gasteiger partial charge in [0.15, 0.2) is 0 Å². The van der Waals surface area contributed by atoms with Gasteiger partial charge in [0.05, 0.1) is 4.87 Å². The summed E-state index contributed by atoms with van der Waals surface area (Å²) in [5, 5.41) is 0. The van der Waals surface area contributed by atoms with Crippen molar-refractivity contribution < 1.29 is 14.0 Å². The Labute approximate surface area is 176 Å². The summed E-state index contributed by atoms with van der Waals surface area (Å²) in [7, 11) is 0. The van der Waals surface area contributed by atoms with Crippen LogP contribution in [0.1, 0.15) is 33.6 Å². The van der Waals surface area contributed by atoms with E-state index in [1.54, 1.807) is 4.90 Å². The maximum Gasteiger partial charge on any atom is 0.254 e. The van der Waals surface area contributed by atoms with Crippen molar-refractivity contribution in [2.75, 3.05) is 25.4 Å². The third-order valence-corrected chi connectivity index (χ3v) is 7.52. The van der Waals surface area contributed by atoms with E-state index in [1.165, 1.54) is 24.3 Å². The van der Waals surface area contributed by atoms with Gasteiger partial charge in [-0.2, -0.15) is 0 Å². The Bertz CT molecular complexity index is 880. The molecule has 2 saturated heterocycles. The smallest absolute Gasteiger partial charge is 0.254 e. The van der Waals surface area contributed by atoms with Gasteiger partial charge in [-0.05, 0) is 61.4 Å². The summed E-state index contributed by atoms with van der Waals surface area (Å²) in [6.07, 6.45) is 1.49. The number of benzene rings is 2. The van der Waals surface area contributed by atoms with Gasteiger partial charge in [-0.25, -0.2) is 4.39 Å². The highest BCUT2D eigenvalue weighted by Crippen LogP contribution is 2.44. The number of hydrogen-bond acceptors (Lipinski definition) is 3. The molecular formula is C21H20BrFN2O2S. The molecular weight excluding hydrogens is 443 g/mol. The van der Waals surface area contributed by atoms with Crippen LogP contribution in [-0.2, 0) is 0 Å². The lowest BCUT2D eigenvalue weighted by Gasteiger charge is -2.44. The van der Waals surface area contributed by atoms with E-state index in [1.807, 2.05) is 40.9 Å². The third-order valence-electron chi connectivity index (χ3n) is 5.44. The quantitative estimate of drug-likeness (QED) is 0.663. The lowest BCUT2D eigenvalue weighted by Crippen LogP contribution is -2.53. The minimum absolute atomic E-state index is 0.0517. The first kappa shape index (κ1) is 19.5. The molecule has 1 spiro atoms. The van der Waals surface area contributed by atoms with Crippen LogP contribution < -0.4 is 0 Å². The molecule has 2 aromatic carbocycles. The van der Waals surface area contributed by atoms with E-state index >= 15 is 0 Å². The first-order valence-electron chi connectivity index (χ1n) is 9.25. The van der Waals surface area contributed by atoms with Gasteiger partial charge in [0.2, 0.25) is 0 Å². The summed E-state index contributed by atoms with van der Waals surface area (Å²) in [5.74, 6) is 0.534.